The quantitative estimate of drug-likeness (QED) is 0.867. The molecule has 4 aliphatic rings. The van der Waals surface area contributed by atoms with Gasteiger partial charge in [0.1, 0.15) is 0 Å². The highest BCUT2D eigenvalue weighted by Crippen LogP contribution is 2.53. The van der Waals surface area contributed by atoms with Gasteiger partial charge < -0.3 is 10.2 Å². The predicted molar refractivity (Wildman–Crippen MR) is 83.9 cm³/mol. The van der Waals surface area contributed by atoms with E-state index < -0.39 is 0 Å². The van der Waals surface area contributed by atoms with Crippen LogP contribution in [-0.2, 0) is 4.79 Å². The molecule has 1 amide bonds. The van der Waals surface area contributed by atoms with Crippen molar-refractivity contribution in [2.45, 2.75) is 69.9 Å². The van der Waals surface area contributed by atoms with E-state index in [9.17, 15) is 4.79 Å². The van der Waals surface area contributed by atoms with Gasteiger partial charge in [-0.15, -0.1) is 0 Å². The lowest BCUT2D eigenvalue weighted by Gasteiger charge is -2.36. The molecule has 6 atom stereocenters. The van der Waals surface area contributed by atoms with E-state index in [0.717, 1.165) is 36.6 Å². The summed E-state index contributed by atoms with van der Waals surface area (Å²) < 4.78 is 0. The van der Waals surface area contributed by atoms with Crippen LogP contribution in [0.2, 0.25) is 0 Å². The molecule has 4 fully saturated rings. The average Bonchev–Trinajstić information content (AvgIpc) is 3.18. The first kappa shape index (κ1) is 14.0. The van der Waals surface area contributed by atoms with E-state index in [4.69, 9.17) is 0 Å². The van der Waals surface area contributed by atoms with Gasteiger partial charge in [0, 0.05) is 12.6 Å². The highest BCUT2D eigenvalue weighted by atomic mass is 16.2. The summed E-state index contributed by atoms with van der Waals surface area (Å²) in [7, 11) is 1.96. The standard InChI is InChI=1S/C18H30N2O/c1-19-16-9-8-12-4-3-7-17(12)20(18(16)21)11-14-6-2-5-13-10-15(13)14/h12-17,19H,2-11H2,1H3. The SMILES string of the molecule is CNC1CCC2CCCC2N(CC2CCCC3CC32)C1=O. The largest absolute Gasteiger partial charge is 0.338 e. The number of likely N-dealkylation sites (N-methyl/N-ethyl adjacent to an activating group) is 1. The van der Waals surface area contributed by atoms with Gasteiger partial charge in [-0.2, -0.15) is 0 Å². The smallest absolute Gasteiger partial charge is 0.239 e. The first-order valence-electron chi connectivity index (χ1n) is 9.25. The van der Waals surface area contributed by atoms with Crippen molar-refractivity contribution in [1.82, 2.24) is 10.2 Å². The molecule has 0 aromatic rings. The molecule has 21 heavy (non-hydrogen) atoms. The molecule has 0 bridgehead atoms. The van der Waals surface area contributed by atoms with Gasteiger partial charge in [0.2, 0.25) is 5.91 Å². The molecular weight excluding hydrogens is 260 g/mol. The van der Waals surface area contributed by atoms with Crippen LogP contribution in [-0.4, -0.2) is 36.5 Å². The molecule has 6 unspecified atom stereocenters. The number of likely N-dealkylation sites (tertiary alicyclic amines) is 1. The number of nitrogens with one attached hydrogen (secondary N) is 1. The van der Waals surface area contributed by atoms with Crippen molar-refractivity contribution in [3.8, 4) is 0 Å². The zero-order valence-corrected chi connectivity index (χ0v) is 13.4. The monoisotopic (exact) mass is 290 g/mol. The maximum absolute atomic E-state index is 13.0. The molecule has 3 heteroatoms. The number of amides is 1. The molecule has 3 nitrogen and oxygen atoms in total. The summed E-state index contributed by atoms with van der Waals surface area (Å²) in [6.07, 6.45) is 11.9. The van der Waals surface area contributed by atoms with Crippen LogP contribution < -0.4 is 5.32 Å². The molecule has 118 valence electrons. The van der Waals surface area contributed by atoms with E-state index in [1.165, 1.54) is 51.4 Å². The van der Waals surface area contributed by atoms with Gasteiger partial charge in [-0.25, -0.2) is 0 Å². The molecule has 0 radical (unpaired) electrons. The Balaban J connectivity index is 1.52. The van der Waals surface area contributed by atoms with Gasteiger partial charge in [-0.05, 0) is 69.2 Å². The highest BCUT2D eigenvalue weighted by molar-refractivity contribution is 5.82. The summed E-state index contributed by atoms with van der Waals surface area (Å²) in [5.74, 6) is 3.98. The van der Waals surface area contributed by atoms with E-state index >= 15 is 0 Å². The third-order valence-electron chi connectivity index (χ3n) is 6.94. The van der Waals surface area contributed by atoms with Crippen LogP contribution in [0.4, 0.5) is 0 Å². The third-order valence-corrected chi connectivity index (χ3v) is 6.94. The average molecular weight is 290 g/mol. The van der Waals surface area contributed by atoms with Gasteiger partial charge in [-0.3, -0.25) is 4.79 Å². The van der Waals surface area contributed by atoms with E-state index in [2.05, 4.69) is 10.2 Å². The molecule has 1 heterocycles. The minimum Gasteiger partial charge on any atom is -0.338 e. The molecular formula is C18H30N2O. The second-order valence-electron chi connectivity index (χ2n) is 8.02. The maximum Gasteiger partial charge on any atom is 0.239 e. The number of nitrogens with zero attached hydrogens (tertiary/aromatic N) is 1. The lowest BCUT2D eigenvalue weighted by Crippen LogP contribution is -2.50. The molecule has 0 aromatic carbocycles. The molecule has 4 rings (SSSR count). The van der Waals surface area contributed by atoms with Crippen LogP contribution in [0.5, 0.6) is 0 Å². The first-order valence-corrected chi connectivity index (χ1v) is 9.25. The number of rotatable bonds is 3. The summed E-state index contributed by atoms with van der Waals surface area (Å²) in [5, 5.41) is 3.28. The molecule has 1 N–H and O–H groups in total. The van der Waals surface area contributed by atoms with Crippen LogP contribution in [0.3, 0.4) is 0 Å². The van der Waals surface area contributed by atoms with Crippen LogP contribution in [0.25, 0.3) is 0 Å². The number of hydrogen-bond donors (Lipinski definition) is 1. The Labute approximate surface area is 128 Å². The van der Waals surface area contributed by atoms with E-state index in [0.29, 0.717) is 11.9 Å². The molecule has 3 saturated carbocycles. The maximum atomic E-state index is 13.0. The van der Waals surface area contributed by atoms with Crippen LogP contribution in [0.1, 0.15) is 57.8 Å². The molecule has 1 aliphatic heterocycles. The van der Waals surface area contributed by atoms with Gasteiger partial charge in [-0.1, -0.05) is 19.3 Å². The summed E-state index contributed by atoms with van der Waals surface area (Å²) in [5.41, 5.74) is 0. The van der Waals surface area contributed by atoms with Gasteiger partial charge in [0.25, 0.3) is 0 Å². The second-order valence-corrected chi connectivity index (χ2v) is 8.02. The summed E-state index contributed by atoms with van der Waals surface area (Å²) in [4.78, 5) is 15.3. The first-order chi connectivity index (χ1) is 10.3. The van der Waals surface area contributed by atoms with Crippen molar-refractivity contribution in [3.63, 3.8) is 0 Å². The van der Waals surface area contributed by atoms with Crippen LogP contribution in [0.15, 0.2) is 0 Å². The Morgan fingerprint density at radius 2 is 1.86 bits per heavy atom. The number of hydrogen-bond acceptors (Lipinski definition) is 2. The Morgan fingerprint density at radius 3 is 2.71 bits per heavy atom. The van der Waals surface area contributed by atoms with Crippen molar-refractivity contribution in [2.75, 3.05) is 13.6 Å². The van der Waals surface area contributed by atoms with Crippen molar-refractivity contribution >= 4 is 5.91 Å². The Kier molecular flexibility index (Phi) is 3.72. The Bertz CT molecular complexity index is 410. The van der Waals surface area contributed by atoms with Crippen LogP contribution >= 0.6 is 0 Å². The minimum atomic E-state index is 0.0780. The lowest BCUT2D eigenvalue weighted by atomic mass is 9.88. The van der Waals surface area contributed by atoms with Crippen molar-refractivity contribution in [1.29, 1.82) is 0 Å². The van der Waals surface area contributed by atoms with E-state index in [1.807, 2.05) is 7.05 Å². The Hall–Kier alpha value is -0.570. The topological polar surface area (TPSA) is 32.3 Å². The van der Waals surface area contributed by atoms with E-state index in [1.54, 1.807) is 0 Å². The van der Waals surface area contributed by atoms with Gasteiger partial charge in [0.15, 0.2) is 0 Å². The van der Waals surface area contributed by atoms with Gasteiger partial charge >= 0.3 is 0 Å². The van der Waals surface area contributed by atoms with E-state index in [-0.39, 0.29) is 6.04 Å². The summed E-state index contributed by atoms with van der Waals surface area (Å²) in [6.45, 7) is 1.07. The third kappa shape index (κ3) is 2.52. The summed E-state index contributed by atoms with van der Waals surface area (Å²) in [6, 6.07) is 0.643. The van der Waals surface area contributed by atoms with Crippen molar-refractivity contribution in [3.05, 3.63) is 0 Å². The molecule has 1 saturated heterocycles. The molecule has 0 aromatic heterocycles. The fourth-order valence-electron chi connectivity index (χ4n) is 5.64. The zero-order chi connectivity index (χ0) is 14.4. The van der Waals surface area contributed by atoms with Gasteiger partial charge in [0.05, 0.1) is 6.04 Å². The Morgan fingerprint density at radius 1 is 1.05 bits per heavy atom. The van der Waals surface area contributed by atoms with Crippen LogP contribution in [0, 0.1) is 23.7 Å². The fraction of sp³-hybridized carbons (Fsp3) is 0.944. The number of fused-ring (bicyclic) bond motifs is 2. The molecule has 3 aliphatic carbocycles. The second kappa shape index (κ2) is 5.57. The predicted octanol–water partition coefficient (Wildman–Crippen LogP) is 2.80. The van der Waals surface area contributed by atoms with Crippen molar-refractivity contribution in [2.24, 2.45) is 23.7 Å². The number of carbonyl (C=O) groups excluding carboxylic acids is 1. The molecule has 0 spiro atoms. The normalized spacial score (nSPS) is 46.0. The fourth-order valence-corrected chi connectivity index (χ4v) is 5.64. The zero-order valence-electron chi connectivity index (χ0n) is 13.4. The lowest BCUT2D eigenvalue weighted by molar-refractivity contribution is -0.136. The summed E-state index contributed by atoms with van der Waals surface area (Å²) >= 11 is 0. The highest BCUT2D eigenvalue weighted by Gasteiger charge is 2.48. The van der Waals surface area contributed by atoms with Crippen molar-refractivity contribution < 1.29 is 4.79 Å². The number of carbonyl (C=O) groups is 1. The minimum absolute atomic E-state index is 0.0780.